The monoisotopic (exact) mass is 283 g/mol. The second kappa shape index (κ2) is 4.34. The molecule has 1 fully saturated rings. The molecule has 2 N–H and O–H groups in total. The van der Waals surface area contributed by atoms with Crippen molar-refractivity contribution in [2.75, 3.05) is 18.0 Å². The van der Waals surface area contributed by atoms with Crippen molar-refractivity contribution in [3.05, 3.63) is 42.2 Å². The zero-order valence-corrected chi connectivity index (χ0v) is 11.1. The Labute approximate surface area is 120 Å². The first-order chi connectivity index (χ1) is 10.2. The Kier molecular flexibility index (Phi) is 2.47. The van der Waals surface area contributed by atoms with Gasteiger partial charge in [-0.05, 0) is 12.1 Å². The molecular weight excluding hydrogens is 270 g/mol. The molecule has 1 aliphatic rings. The molecule has 1 amide bonds. The quantitative estimate of drug-likeness (QED) is 0.779. The highest BCUT2D eigenvalue weighted by Crippen LogP contribution is 2.29. The van der Waals surface area contributed by atoms with E-state index in [1.807, 2.05) is 29.2 Å². The molecule has 0 atom stereocenters. The summed E-state index contributed by atoms with van der Waals surface area (Å²) in [5, 5.41) is 4.17. The van der Waals surface area contributed by atoms with Crippen LogP contribution in [0.2, 0.25) is 0 Å². The van der Waals surface area contributed by atoms with E-state index in [0.717, 1.165) is 24.2 Å². The van der Waals surface area contributed by atoms with Gasteiger partial charge in [0.1, 0.15) is 5.52 Å². The van der Waals surface area contributed by atoms with Crippen LogP contribution in [0, 0.1) is 0 Å². The summed E-state index contributed by atoms with van der Waals surface area (Å²) in [6.45, 7) is 1.49. The summed E-state index contributed by atoms with van der Waals surface area (Å²) in [6, 6.07) is 8.50. The number of fused-ring (bicyclic) bond motifs is 1. The van der Waals surface area contributed by atoms with Crippen molar-refractivity contribution in [3.63, 3.8) is 0 Å². The van der Waals surface area contributed by atoms with Crippen LogP contribution in [0.15, 0.2) is 41.1 Å². The molecule has 1 aromatic carbocycles. The number of oxazole rings is 1. The summed E-state index contributed by atoms with van der Waals surface area (Å²) in [5.74, 6) is -0.462. The number of carbonyl (C=O) groups is 1. The van der Waals surface area contributed by atoms with Crippen LogP contribution in [0.4, 0.5) is 6.01 Å². The van der Waals surface area contributed by atoms with E-state index in [2.05, 4.69) is 10.1 Å². The number of rotatable bonds is 3. The third-order valence-electron chi connectivity index (χ3n) is 3.68. The lowest BCUT2D eigenvalue weighted by Crippen LogP contribution is -2.48. The maximum Gasteiger partial charge on any atom is 0.298 e. The first-order valence-corrected chi connectivity index (χ1v) is 6.65. The molecule has 0 spiro atoms. The summed E-state index contributed by atoms with van der Waals surface area (Å²) < 4.78 is 7.47. The van der Waals surface area contributed by atoms with E-state index >= 15 is 0 Å². The van der Waals surface area contributed by atoms with E-state index in [4.69, 9.17) is 10.2 Å². The number of carbonyl (C=O) groups excluding carboxylic acids is 1. The summed E-state index contributed by atoms with van der Waals surface area (Å²) >= 11 is 0. The molecule has 0 radical (unpaired) electrons. The van der Waals surface area contributed by atoms with Gasteiger partial charge in [-0.15, -0.1) is 0 Å². The predicted octanol–water partition coefficient (Wildman–Crippen LogP) is 1.18. The van der Waals surface area contributed by atoms with Crippen LogP contribution in [0.3, 0.4) is 0 Å². The van der Waals surface area contributed by atoms with Crippen molar-refractivity contribution in [2.24, 2.45) is 5.73 Å². The van der Waals surface area contributed by atoms with Crippen LogP contribution < -0.4 is 10.6 Å². The zero-order chi connectivity index (χ0) is 14.4. The van der Waals surface area contributed by atoms with E-state index < -0.39 is 5.91 Å². The first-order valence-electron chi connectivity index (χ1n) is 6.65. The van der Waals surface area contributed by atoms with Gasteiger partial charge >= 0.3 is 0 Å². The van der Waals surface area contributed by atoms with Gasteiger partial charge in [0.25, 0.3) is 11.9 Å². The van der Waals surface area contributed by atoms with Gasteiger partial charge in [0.15, 0.2) is 5.58 Å². The Hall–Kier alpha value is -2.83. The van der Waals surface area contributed by atoms with Crippen molar-refractivity contribution in [1.82, 2.24) is 14.8 Å². The Balaban J connectivity index is 1.49. The lowest BCUT2D eigenvalue weighted by molar-refractivity contribution is 0.1000. The molecule has 21 heavy (non-hydrogen) atoms. The minimum Gasteiger partial charge on any atom is -0.423 e. The van der Waals surface area contributed by atoms with Gasteiger partial charge in [0.2, 0.25) is 0 Å². The molecule has 1 aliphatic heterocycles. The van der Waals surface area contributed by atoms with E-state index in [1.165, 1.54) is 6.20 Å². The number of nitrogens with zero attached hydrogens (tertiary/aromatic N) is 4. The van der Waals surface area contributed by atoms with Crippen molar-refractivity contribution in [1.29, 1.82) is 0 Å². The highest BCUT2D eigenvalue weighted by molar-refractivity contribution is 5.92. The molecule has 2 aromatic heterocycles. The van der Waals surface area contributed by atoms with Gasteiger partial charge in [-0.3, -0.25) is 9.48 Å². The lowest BCUT2D eigenvalue weighted by atomic mass is 10.1. The maximum absolute atomic E-state index is 11.1. The molecule has 7 nitrogen and oxygen atoms in total. The normalized spacial score (nSPS) is 15.3. The van der Waals surface area contributed by atoms with Crippen molar-refractivity contribution < 1.29 is 9.21 Å². The van der Waals surface area contributed by atoms with Gasteiger partial charge in [0.05, 0.1) is 17.8 Å². The standard InChI is InChI=1S/C14H13N5O2/c15-13(20)9-5-16-19(6-9)10-7-18(8-10)14-17-11-3-1-2-4-12(11)21-14/h1-6,10H,7-8H2,(H2,15,20). The number of anilines is 1. The van der Waals surface area contributed by atoms with Crippen LogP contribution in [-0.4, -0.2) is 33.8 Å². The van der Waals surface area contributed by atoms with Crippen LogP contribution in [0.1, 0.15) is 16.4 Å². The van der Waals surface area contributed by atoms with Gasteiger partial charge in [-0.1, -0.05) is 12.1 Å². The summed E-state index contributed by atoms with van der Waals surface area (Å²) in [7, 11) is 0. The predicted molar refractivity (Wildman–Crippen MR) is 76.0 cm³/mol. The second-order valence-corrected chi connectivity index (χ2v) is 5.10. The largest absolute Gasteiger partial charge is 0.423 e. The molecule has 0 saturated carbocycles. The Bertz CT molecular complexity index is 783. The number of aromatic nitrogens is 3. The molecule has 106 valence electrons. The van der Waals surface area contributed by atoms with Gasteiger partial charge < -0.3 is 15.1 Å². The number of primary amides is 1. The topological polar surface area (TPSA) is 90.2 Å². The molecule has 3 heterocycles. The van der Waals surface area contributed by atoms with Crippen LogP contribution in [0.25, 0.3) is 11.1 Å². The number of nitrogens with two attached hydrogens (primary N) is 1. The van der Waals surface area contributed by atoms with Crippen molar-refractivity contribution in [2.45, 2.75) is 6.04 Å². The van der Waals surface area contributed by atoms with Gasteiger partial charge in [-0.2, -0.15) is 10.1 Å². The van der Waals surface area contributed by atoms with E-state index in [0.29, 0.717) is 11.6 Å². The van der Waals surface area contributed by atoms with E-state index in [-0.39, 0.29) is 6.04 Å². The molecule has 1 saturated heterocycles. The molecule has 0 aliphatic carbocycles. The average Bonchev–Trinajstić information content (AvgIpc) is 3.03. The average molecular weight is 283 g/mol. The highest BCUT2D eigenvalue weighted by atomic mass is 16.4. The third kappa shape index (κ3) is 1.94. The van der Waals surface area contributed by atoms with Crippen molar-refractivity contribution in [3.8, 4) is 0 Å². The molecule has 7 heteroatoms. The summed E-state index contributed by atoms with van der Waals surface area (Å²) in [5.41, 5.74) is 7.28. The Morgan fingerprint density at radius 3 is 2.86 bits per heavy atom. The third-order valence-corrected chi connectivity index (χ3v) is 3.68. The second-order valence-electron chi connectivity index (χ2n) is 5.10. The number of benzene rings is 1. The van der Waals surface area contributed by atoms with Crippen LogP contribution in [0.5, 0.6) is 0 Å². The summed E-state index contributed by atoms with van der Waals surface area (Å²) in [6.07, 6.45) is 3.17. The Morgan fingerprint density at radius 2 is 2.14 bits per heavy atom. The van der Waals surface area contributed by atoms with E-state index in [1.54, 1.807) is 10.9 Å². The maximum atomic E-state index is 11.1. The molecular formula is C14H13N5O2. The van der Waals surface area contributed by atoms with Gasteiger partial charge in [0, 0.05) is 19.3 Å². The number of amides is 1. The zero-order valence-electron chi connectivity index (χ0n) is 11.1. The molecule has 3 aromatic rings. The smallest absolute Gasteiger partial charge is 0.298 e. The Morgan fingerprint density at radius 1 is 1.33 bits per heavy atom. The number of hydrogen-bond acceptors (Lipinski definition) is 5. The van der Waals surface area contributed by atoms with Crippen LogP contribution >= 0.6 is 0 Å². The molecule has 0 unspecified atom stereocenters. The highest BCUT2D eigenvalue weighted by Gasteiger charge is 2.32. The van der Waals surface area contributed by atoms with Gasteiger partial charge in [-0.25, -0.2) is 0 Å². The fraction of sp³-hybridized carbons (Fsp3) is 0.214. The van der Waals surface area contributed by atoms with Crippen molar-refractivity contribution >= 4 is 23.0 Å². The first kappa shape index (κ1) is 12.0. The minimum atomic E-state index is -0.462. The molecule has 4 rings (SSSR count). The number of para-hydroxylation sites is 2. The number of hydrogen-bond donors (Lipinski definition) is 1. The minimum absolute atomic E-state index is 0.202. The fourth-order valence-electron chi connectivity index (χ4n) is 2.44. The van der Waals surface area contributed by atoms with E-state index in [9.17, 15) is 4.79 Å². The molecule has 0 bridgehead atoms. The lowest BCUT2D eigenvalue weighted by Gasteiger charge is -2.37. The van der Waals surface area contributed by atoms with Crippen LogP contribution in [-0.2, 0) is 0 Å². The summed E-state index contributed by atoms with van der Waals surface area (Å²) in [4.78, 5) is 17.6. The SMILES string of the molecule is NC(=O)c1cnn(C2CN(c3nc4ccccc4o3)C2)c1. The fourth-order valence-corrected chi connectivity index (χ4v) is 2.44.